The number of carbonyl (C=O) groups is 3. The highest BCUT2D eigenvalue weighted by molar-refractivity contribution is 6.07. The second kappa shape index (κ2) is 6.53. The maximum absolute atomic E-state index is 13.4. The van der Waals surface area contributed by atoms with Crippen LogP contribution in [-0.4, -0.2) is 35.8 Å². The normalized spacial score (nSPS) is 26.3. The van der Waals surface area contributed by atoms with Crippen molar-refractivity contribution in [3.8, 4) is 0 Å². The van der Waals surface area contributed by atoms with Crippen molar-refractivity contribution in [3.05, 3.63) is 70.8 Å². The monoisotopic (exact) mass is 403 g/mol. The van der Waals surface area contributed by atoms with Crippen LogP contribution in [0.15, 0.2) is 48.5 Å². The number of hydrogen-bond donors (Lipinski definition) is 0. The zero-order chi connectivity index (χ0) is 21.2. The number of likely N-dealkylation sites (tertiary alicyclic amines) is 1. The summed E-state index contributed by atoms with van der Waals surface area (Å²) in [5, 5.41) is 0. The third-order valence-electron chi connectivity index (χ3n) is 6.70. The standard InChI is InChI=1S/C25H25NO4/c1-25(2,3)24(29)30-13-12-26-22(27)20-18-14-8-4-5-9-15(14)19(21(20)23(26)28)17-11-7-6-10-16(17)18/h4-11,18-21H,12-13H2,1-3H3/t18?,19?,20-,21-/m0/s1. The molecule has 2 aromatic rings. The van der Waals surface area contributed by atoms with Gasteiger partial charge in [0.25, 0.3) is 0 Å². The van der Waals surface area contributed by atoms with E-state index in [4.69, 9.17) is 4.74 Å². The van der Waals surface area contributed by atoms with Crippen LogP contribution in [0.4, 0.5) is 0 Å². The number of imide groups is 1. The molecule has 2 amide bonds. The molecular weight excluding hydrogens is 378 g/mol. The largest absolute Gasteiger partial charge is 0.463 e. The molecule has 1 saturated heterocycles. The molecule has 0 spiro atoms. The number of amides is 2. The second-order valence-electron chi connectivity index (χ2n) is 9.48. The fourth-order valence-corrected chi connectivity index (χ4v) is 5.41. The molecule has 2 bridgehead atoms. The van der Waals surface area contributed by atoms with Gasteiger partial charge in [-0.1, -0.05) is 48.5 Å². The van der Waals surface area contributed by atoms with Gasteiger partial charge in [-0.3, -0.25) is 19.3 Å². The fraction of sp³-hybridized carbons (Fsp3) is 0.400. The van der Waals surface area contributed by atoms with E-state index in [0.29, 0.717) is 0 Å². The van der Waals surface area contributed by atoms with Crippen molar-refractivity contribution in [2.45, 2.75) is 32.6 Å². The summed E-state index contributed by atoms with van der Waals surface area (Å²) in [6.45, 7) is 5.48. The summed E-state index contributed by atoms with van der Waals surface area (Å²) in [6, 6.07) is 16.4. The van der Waals surface area contributed by atoms with E-state index in [-0.39, 0.29) is 54.6 Å². The molecule has 1 heterocycles. The molecule has 2 aromatic carbocycles. The van der Waals surface area contributed by atoms with Gasteiger partial charge in [-0.25, -0.2) is 0 Å². The average molecular weight is 403 g/mol. The van der Waals surface area contributed by atoms with Gasteiger partial charge >= 0.3 is 5.97 Å². The van der Waals surface area contributed by atoms with Gasteiger partial charge in [-0.05, 0) is 43.0 Å². The van der Waals surface area contributed by atoms with E-state index in [1.165, 1.54) is 4.90 Å². The Morgan fingerprint density at radius 3 is 1.60 bits per heavy atom. The van der Waals surface area contributed by atoms with Crippen LogP contribution in [0.25, 0.3) is 0 Å². The van der Waals surface area contributed by atoms with E-state index in [2.05, 4.69) is 24.3 Å². The van der Waals surface area contributed by atoms with Crippen LogP contribution in [0, 0.1) is 17.3 Å². The summed E-state index contributed by atoms with van der Waals surface area (Å²) in [5.74, 6) is -1.60. The van der Waals surface area contributed by atoms with Crippen molar-refractivity contribution in [2.75, 3.05) is 13.2 Å². The Hall–Kier alpha value is -2.95. The molecule has 0 unspecified atom stereocenters. The molecule has 0 radical (unpaired) electrons. The predicted molar refractivity (Wildman–Crippen MR) is 111 cm³/mol. The number of carbonyl (C=O) groups excluding carboxylic acids is 3. The van der Waals surface area contributed by atoms with Gasteiger partial charge < -0.3 is 4.74 Å². The van der Waals surface area contributed by atoms with Crippen LogP contribution in [0.3, 0.4) is 0 Å². The van der Waals surface area contributed by atoms with Gasteiger partial charge in [0.1, 0.15) is 6.61 Å². The smallest absolute Gasteiger partial charge is 0.311 e. The quantitative estimate of drug-likeness (QED) is 0.582. The highest BCUT2D eigenvalue weighted by atomic mass is 16.5. The zero-order valence-corrected chi connectivity index (χ0v) is 17.4. The molecule has 30 heavy (non-hydrogen) atoms. The van der Waals surface area contributed by atoms with Gasteiger partial charge in [-0.2, -0.15) is 0 Å². The van der Waals surface area contributed by atoms with E-state index in [0.717, 1.165) is 22.3 Å². The van der Waals surface area contributed by atoms with E-state index in [1.807, 2.05) is 24.3 Å². The van der Waals surface area contributed by atoms with Crippen molar-refractivity contribution in [3.63, 3.8) is 0 Å². The van der Waals surface area contributed by atoms with Crippen LogP contribution in [0.5, 0.6) is 0 Å². The first-order chi connectivity index (χ1) is 14.3. The van der Waals surface area contributed by atoms with Crippen molar-refractivity contribution in [2.24, 2.45) is 17.3 Å². The van der Waals surface area contributed by atoms with Crippen molar-refractivity contribution in [1.82, 2.24) is 4.90 Å². The van der Waals surface area contributed by atoms with Crippen LogP contribution < -0.4 is 0 Å². The molecule has 1 aliphatic heterocycles. The number of nitrogens with zero attached hydrogens (tertiary/aromatic N) is 1. The first kappa shape index (κ1) is 19.0. The first-order valence-electron chi connectivity index (χ1n) is 10.5. The Morgan fingerprint density at radius 1 is 0.833 bits per heavy atom. The lowest BCUT2D eigenvalue weighted by Crippen LogP contribution is -2.41. The number of hydrogen-bond acceptors (Lipinski definition) is 4. The number of benzene rings is 2. The van der Waals surface area contributed by atoms with Gasteiger partial charge in [0.05, 0.1) is 23.8 Å². The van der Waals surface area contributed by atoms with Gasteiger partial charge in [-0.15, -0.1) is 0 Å². The Bertz CT molecular complexity index is 951. The lowest BCUT2D eigenvalue weighted by atomic mass is 9.55. The maximum Gasteiger partial charge on any atom is 0.311 e. The van der Waals surface area contributed by atoms with Gasteiger partial charge in [0, 0.05) is 11.8 Å². The zero-order valence-electron chi connectivity index (χ0n) is 17.4. The Morgan fingerprint density at radius 2 is 1.23 bits per heavy atom. The summed E-state index contributed by atoms with van der Waals surface area (Å²) in [6.07, 6.45) is 0. The van der Waals surface area contributed by atoms with E-state index < -0.39 is 5.41 Å². The molecular formula is C25H25NO4. The Kier molecular flexibility index (Phi) is 4.14. The molecule has 0 saturated carbocycles. The highest BCUT2D eigenvalue weighted by Crippen LogP contribution is 2.60. The van der Waals surface area contributed by atoms with Crippen molar-refractivity contribution in [1.29, 1.82) is 0 Å². The van der Waals surface area contributed by atoms with Gasteiger partial charge in [0.15, 0.2) is 0 Å². The fourth-order valence-electron chi connectivity index (χ4n) is 5.41. The minimum Gasteiger partial charge on any atom is -0.463 e. The average Bonchev–Trinajstić information content (AvgIpc) is 2.98. The molecule has 6 rings (SSSR count). The summed E-state index contributed by atoms with van der Waals surface area (Å²) in [7, 11) is 0. The van der Waals surface area contributed by atoms with Crippen molar-refractivity contribution < 1.29 is 19.1 Å². The maximum atomic E-state index is 13.4. The molecule has 1 fully saturated rings. The predicted octanol–water partition coefficient (Wildman–Crippen LogP) is 3.47. The van der Waals surface area contributed by atoms with E-state index in [1.54, 1.807) is 20.8 Å². The van der Waals surface area contributed by atoms with Gasteiger partial charge in [0.2, 0.25) is 11.8 Å². The number of rotatable bonds is 3. The third-order valence-corrected chi connectivity index (χ3v) is 6.70. The Labute approximate surface area is 176 Å². The molecule has 154 valence electrons. The van der Waals surface area contributed by atoms with Crippen LogP contribution in [0.2, 0.25) is 0 Å². The highest BCUT2D eigenvalue weighted by Gasteiger charge is 2.61. The summed E-state index contributed by atoms with van der Waals surface area (Å²) >= 11 is 0. The molecule has 2 atom stereocenters. The molecule has 5 nitrogen and oxygen atoms in total. The topological polar surface area (TPSA) is 63.7 Å². The summed E-state index contributed by atoms with van der Waals surface area (Å²) in [5.41, 5.74) is 4.01. The lowest BCUT2D eigenvalue weighted by Gasteiger charge is -2.45. The third kappa shape index (κ3) is 2.57. The van der Waals surface area contributed by atoms with E-state index in [9.17, 15) is 14.4 Å². The minimum atomic E-state index is -0.616. The molecule has 3 aliphatic carbocycles. The SMILES string of the molecule is CC(C)(C)C(=O)OCCN1C(=O)[C@H]2C3c4ccccc4C(c4ccccc43)[C@@H]2C1=O. The summed E-state index contributed by atoms with van der Waals surface area (Å²) < 4.78 is 5.33. The molecule has 5 heteroatoms. The van der Waals surface area contributed by atoms with Crippen LogP contribution >= 0.6 is 0 Å². The summed E-state index contributed by atoms with van der Waals surface area (Å²) in [4.78, 5) is 40.2. The van der Waals surface area contributed by atoms with E-state index >= 15 is 0 Å². The first-order valence-corrected chi connectivity index (χ1v) is 10.5. The van der Waals surface area contributed by atoms with Crippen molar-refractivity contribution >= 4 is 17.8 Å². The van der Waals surface area contributed by atoms with Crippen LogP contribution in [0.1, 0.15) is 54.9 Å². The lowest BCUT2D eigenvalue weighted by molar-refractivity contribution is -0.155. The Balaban J connectivity index is 1.48. The number of esters is 1. The molecule has 0 aromatic heterocycles. The second-order valence-corrected chi connectivity index (χ2v) is 9.48. The van der Waals surface area contributed by atoms with Crippen LogP contribution in [-0.2, 0) is 19.1 Å². The number of ether oxygens (including phenoxy) is 1. The molecule has 4 aliphatic rings. The minimum absolute atomic E-state index is 0.0300. The molecule has 0 N–H and O–H groups in total.